The summed E-state index contributed by atoms with van der Waals surface area (Å²) in [7, 11) is -3.58. The van der Waals surface area contributed by atoms with Gasteiger partial charge in [0.15, 0.2) is 0 Å². The molecule has 1 amide bonds. The molecule has 0 fully saturated rings. The monoisotopic (exact) mass is 340 g/mol. The molecule has 0 heterocycles. The largest absolute Gasteiger partial charge is 0.352 e. The average molecular weight is 340 g/mol. The summed E-state index contributed by atoms with van der Waals surface area (Å²) in [5.41, 5.74) is 2.43. The number of hydrogen-bond acceptors (Lipinski definition) is 3. The van der Waals surface area contributed by atoms with Gasteiger partial charge in [0.1, 0.15) is 6.04 Å². The summed E-state index contributed by atoms with van der Waals surface area (Å²) in [4.78, 5) is 12.5. The standard InChI is InChI=1S/C17H28N2O3S/c1-11(2)14(5)18-17(20)15(6)19(23(7,21)22)16-9-12(3)8-13(4)10-16/h8-11,14-15H,1-7H3,(H,18,20)/t14-,15+/m0/s1. The summed E-state index contributed by atoms with van der Waals surface area (Å²) in [6, 6.07) is 4.70. The van der Waals surface area contributed by atoms with Gasteiger partial charge in [0.05, 0.1) is 11.9 Å². The van der Waals surface area contributed by atoms with E-state index in [9.17, 15) is 13.2 Å². The highest BCUT2D eigenvalue weighted by Gasteiger charge is 2.30. The van der Waals surface area contributed by atoms with Crippen LogP contribution in [-0.2, 0) is 14.8 Å². The van der Waals surface area contributed by atoms with E-state index < -0.39 is 16.1 Å². The number of carbonyl (C=O) groups excluding carboxylic acids is 1. The molecule has 0 saturated carbocycles. The van der Waals surface area contributed by atoms with E-state index in [1.54, 1.807) is 19.1 Å². The van der Waals surface area contributed by atoms with Gasteiger partial charge in [0.2, 0.25) is 15.9 Å². The topological polar surface area (TPSA) is 66.5 Å². The van der Waals surface area contributed by atoms with Crippen LogP contribution in [0.25, 0.3) is 0 Å². The van der Waals surface area contributed by atoms with Gasteiger partial charge in [-0.25, -0.2) is 8.42 Å². The van der Waals surface area contributed by atoms with Gasteiger partial charge < -0.3 is 5.32 Å². The van der Waals surface area contributed by atoms with Crippen molar-refractivity contribution in [2.75, 3.05) is 10.6 Å². The fourth-order valence-corrected chi connectivity index (χ4v) is 3.56. The van der Waals surface area contributed by atoms with Crippen molar-refractivity contribution in [3.63, 3.8) is 0 Å². The van der Waals surface area contributed by atoms with E-state index in [0.717, 1.165) is 17.4 Å². The zero-order chi connectivity index (χ0) is 17.9. The van der Waals surface area contributed by atoms with Crippen LogP contribution in [0.3, 0.4) is 0 Å². The SMILES string of the molecule is Cc1cc(C)cc(N([C@H](C)C(=O)N[C@@H](C)C(C)C)S(C)(=O)=O)c1. The molecule has 0 aliphatic rings. The number of aryl methyl sites for hydroxylation is 2. The van der Waals surface area contributed by atoms with Crippen molar-refractivity contribution < 1.29 is 13.2 Å². The van der Waals surface area contributed by atoms with Crippen molar-refractivity contribution in [1.82, 2.24) is 5.32 Å². The fraction of sp³-hybridized carbons (Fsp3) is 0.588. The summed E-state index contributed by atoms with van der Waals surface area (Å²) in [6.45, 7) is 11.4. The van der Waals surface area contributed by atoms with Crippen LogP contribution in [0.4, 0.5) is 5.69 Å². The number of hydrogen-bond donors (Lipinski definition) is 1. The Bertz CT molecular complexity index is 648. The maximum atomic E-state index is 12.5. The van der Waals surface area contributed by atoms with Gasteiger partial charge in [-0.05, 0) is 56.9 Å². The number of nitrogens with one attached hydrogen (secondary N) is 1. The van der Waals surface area contributed by atoms with Crippen LogP contribution in [-0.4, -0.2) is 32.7 Å². The summed E-state index contributed by atoms with van der Waals surface area (Å²) < 4.78 is 25.7. The second-order valence-corrected chi connectivity index (χ2v) is 8.48. The molecule has 1 N–H and O–H groups in total. The Morgan fingerprint density at radius 3 is 1.91 bits per heavy atom. The molecule has 1 aromatic carbocycles. The molecule has 2 atom stereocenters. The van der Waals surface area contributed by atoms with Gasteiger partial charge in [0.25, 0.3) is 0 Å². The fourth-order valence-electron chi connectivity index (χ4n) is 2.40. The average Bonchev–Trinajstić information content (AvgIpc) is 2.35. The number of rotatable bonds is 6. The lowest BCUT2D eigenvalue weighted by Gasteiger charge is -2.30. The van der Waals surface area contributed by atoms with E-state index in [2.05, 4.69) is 5.32 Å². The number of amides is 1. The number of benzene rings is 1. The number of anilines is 1. The normalized spacial score (nSPS) is 14.4. The summed E-state index contributed by atoms with van der Waals surface area (Å²) in [5, 5.41) is 2.89. The minimum Gasteiger partial charge on any atom is -0.352 e. The third-order valence-electron chi connectivity index (χ3n) is 3.92. The first-order chi connectivity index (χ1) is 10.4. The highest BCUT2D eigenvalue weighted by Crippen LogP contribution is 2.24. The molecule has 0 unspecified atom stereocenters. The first-order valence-corrected chi connectivity index (χ1v) is 9.66. The van der Waals surface area contributed by atoms with Gasteiger partial charge in [0, 0.05) is 6.04 Å². The number of carbonyl (C=O) groups is 1. The Balaban J connectivity index is 3.20. The second kappa shape index (κ2) is 7.34. The number of nitrogens with zero attached hydrogens (tertiary/aromatic N) is 1. The summed E-state index contributed by atoms with van der Waals surface area (Å²) in [5.74, 6) is -0.0187. The zero-order valence-corrected chi connectivity index (χ0v) is 15.9. The van der Waals surface area contributed by atoms with Crippen molar-refractivity contribution >= 4 is 21.6 Å². The molecule has 0 saturated heterocycles. The summed E-state index contributed by atoms with van der Waals surface area (Å²) in [6.07, 6.45) is 1.13. The molecule has 1 aromatic rings. The van der Waals surface area contributed by atoms with Gasteiger partial charge in [-0.15, -0.1) is 0 Å². The molecule has 23 heavy (non-hydrogen) atoms. The molecule has 0 aliphatic heterocycles. The highest BCUT2D eigenvalue weighted by atomic mass is 32.2. The molecule has 0 radical (unpaired) electrons. The van der Waals surface area contributed by atoms with Crippen LogP contribution in [0, 0.1) is 19.8 Å². The number of sulfonamides is 1. The molecule has 0 spiro atoms. The van der Waals surface area contributed by atoms with Crippen LogP contribution >= 0.6 is 0 Å². The Kier molecular flexibility index (Phi) is 6.22. The van der Waals surface area contributed by atoms with Crippen LogP contribution in [0.15, 0.2) is 18.2 Å². The van der Waals surface area contributed by atoms with E-state index in [-0.39, 0.29) is 17.9 Å². The van der Waals surface area contributed by atoms with E-state index in [0.29, 0.717) is 5.69 Å². The van der Waals surface area contributed by atoms with Gasteiger partial charge in [-0.1, -0.05) is 19.9 Å². The van der Waals surface area contributed by atoms with Crippen LogP contribution in [0.1, 0.15) is 38.8 Å². The van der Waals surface area contributed by atoms with E-state index in [4.69, 9.17) is 0 Å². The van der Waals surface area contributed by atoms with Crippen molar-refractivity contribution in [1.29, 1.82) is 0 Å². The van der Waals surface area contributed by atoms with Crippen molar-refractivity contribution in [2.45, 2.75) is 53.6 Å². The molecular formula is C17H28N2O3S. The van der Waals surface area contributed by atoms with E-state index in [1.807, 2.05) is 40.7 Å². The molecular weight excluding hydrogens is 312 g/mol. The predicted octanol–water partition coefficient (Wildman–Crippen LogP) is 2.62. The highest BCUT2D eigenvalue weighted by molar-refractivity contribution is 7.92. The summed E-state index contributed by atoms with van der Waals surface area (Å²) >= 11 is 0. The zero-order valence-electron chi connectivity index (χ0n) is 15.0. The molecule has 0 bridgehead atoms. The smallest absolute Gasteiger partial charge is 0.243 e. The van der Waals surface area contributed by atoms with E-state index >= 15 is 0 Å². The maximum absolute atomic E-state index is 12.5. The minimum absolute atomic E-state index is 0.0226. The Morgan fingerprint density at radius 2 is 1.52 bits per heavy atom. The molecule has 130 valence electrons. The van der Waals surface area contributed by atoms with Crippen LogP contribution in [0.5, 0.6) is 0 Å². The maximum Gasteiger partial charge on any atom is 0.243 e. The quantitative estimate of drug-likeness (QED) is 0.865. The van der Waals surface area contributed by atoms with Gasteiger partial charge >= 0.3 is 0 Å². The first kappa shape index (κ1) is 19.5. The minimum atomic E-state index is -3.58. The lowest BCUT2D eigenvalue weighted by molar-refractivity contribution is -0.122. The molecule has 0 aromatic heterocycles. The van der Waals surface area contributed by atoms with Crippen molar-refractivity contribution in [3.8, 4) is 0 Å². The third kappa shape index (κ3) is 5.23. The first-order valence-electron chi connectivity index (χ1n) is 7.81. The van der Waals surface area contributed by atoms with Crippen LogP contribution < -0.4 is 9.62 Å². The Labute approximate surface area is 140 Å². The van der Waals surface area contributed by atoms with Crippen molar-refractivity contribution in [3.05, 3.63) is 29.3 Å². The van der Waals surface area contributed by atoms with E-state index in [1.165, 1.54) is 4.31 Å². The molecule has 5 nitrogen and oxygen atoms in total. The molecule has 6 heteroatoms. The lowest BCUT2D eigenvalue weighted by atomic mass is 10.1. The van der Waals surface area contributed by atoms with Crippen LogP contribution in [0.2, 0.25) is 0 Å². The molecule has 1 rings (SSSR count). The van der Waals surface area contributed by atoms with Gasteiger partial charge in [-0.2, -0.15) is 0 Å². The van der Waals surface area contributed by atoms with Gasteiger partial charge in [-0.3, -0.25) is 9.10 Å². The Morgan fingerprint density at radius 1 is 1.04 bits per heavy atom. The lowest BCUT2D eigenvalue weighted by Crippen LogP contribution is -2.50. The second-order valence-electron chi connectivity index (χ2n) is 6.62. The predicted molar refractivity (Wildman–Crippen MR) is 95.1 cm³/mol. The molecule has 0 aliphatic carbocycles. The third-order valence-corrected chi connectivity index (χ3v) is 5.16. The Hall–Kier alpha value is -1.56. The van der Waals surface area contributed by atoms with Crippen molar-refractivity contribution in [2.24, 2.45) is 5.92 Å².